The van der Waals surface area contributed by atoms with Gasteiger partial charge in [-0.2, -0.15) is 0 Å². The van der Waals surface area contributed by atoms with Gasteiger partial charge in [-0.3, -0.25) is 4.79 Å². The molecule has 0 saturated carbocycles. The minimum absolute atomic E-state index is 0.0958. The molecule has 1 amide bonds. The number of ether oxygens (including phenoxy) is 2. The Morgan fingerprint density at radius 2 is 2.29 bits per heavy atom. The number of pyridine rings is 1. The van der Waals surface area contributed by atoms with Crippen LogP contribution in [0.15, 0.2) is 18.3 Å². The Balaban J connectivity index is 1.90. The first-order valence-corrected chi connectivity index (χ1v) is 7.37. The molecule has 116 valence electrons. The summed E-state index contributed by atoms with van der Waals surface area (Å²) in [5.41, 5.74) is 1.03. The minimum Gasteiger partial charge on any atom is -0.378 e. The number of anilines is 1. The van der Waals surface area contributed by atoms with E-state index in [1.807, 2.05) is 19.1 Å². The maximum atomic E-state index is 11.8. The summed E-state index contributed by atoms with van der Waals surface area (Å²) in [4.78, 5) is 18.4. The van der Waals surface area contributed by atoms with E-state index in [0.29, 0.717) is 13.2 Å². The number of nitrogens with one attached hydrogen (secondary N) is 1. The van der Waals surface area contributed by atoms with E-state index in [9.17, 15) is 4.79 Å². The van der Waals surface area contributed by atoms with E-state index in [0.717, 1.165) is 37.7 Å². The van der Waals surface area contributed by atoms with Crippen molar-refractivity contribution in [3.8, 4) is 0 Å². The molecular weight excluding hydrogens is 270 g/mol. The summed E-state index contributed by atoms with van der Waals surface area (Å²) in [6, 6.07) is 3.92. The molecule has 6 nitrogen and oxygen atoms in total. The maximum absolute atomic E-state index is 11.8. The molecule has 21 heavy (non-hydrogen) atoms. The van der Waals surface area contributed by atoms with Gasteiger partial charge in [-0.15, -0.1) is 0 Å². The summed E-state index contributed by atoms with van der Waals surface area (Å²) in [5.74, 6) is 0.837. The molecule has 0 radical (unpaired) electrons. The Hall–Kier alpha value is -1.66. The van der Waals surface area contributed by atoms with Crippen molar-refractivity contribution in [1.82, 2.24) is 10.3 Å². The number of carbonyl (C=O) groups excluding carboxylic acids is 1. The highest BCUT2D eigenvalue weighted by molar-refractivity contribution is 5.80. The number of hydrogen-bond donors (Lipinski definition) is 1. The Kier molecular flexibility index (Phi) is 5.95. The quantitative estimate of drug-likeness (QED) is 0.846. The first-order chi connectivity index (χ1) is 10.2. The predicted molar refractivity (Wildman–Crippen MR) is 80.2 cm³/mol. The first kappa shape index (κ1) is 15.7. The van der Waals surface area contributed by atoms with Crippen molar-refractivity contribution in [3.63, 3.8) is 0 Å². The van der Waals surface area contributed by atoms with Crippen LogP contribution in [0.25, 0.3) is 0 Å². The van der Waals surface area contributed by atoms with Gasteiger partial charge < -0.3 is 19.7 Å². The average molecular weight is 293 g/mol. The van der Waals surface area contributed by atoms with E-state index in [-0.39, 0.29) is 5.91 Å². The van der Waals surface area contributed by atoms with Gasteiger partial charge in [0.2, 0.25) is 5.91 Å². The molecule has 1 aromatic heterocycles. The largest absolute Gasteiger partial charge is 0.378 e. The van der Waals surface area contributed by atoms with Crippen LogP contribution in [0, 0.1) is 0 Å². The van der Waals surface area contributed by atoms with Gasteiger partial charge in [0.25, 0.3) is 0 Å². The lowest BCUT2D eigenvalue weighted by atomic mass is 10.2. The SMILES string of the molecule is CCO[C@@H](C)C(=O)NCc1ccnc(N2CCOCC2)c1. The zero-order valence-electron chi connectivity index (χ0n) is 12.7. The van der Waals surface area contributed by atoms with Gasteiger partial charge in [0.05, 0.1) is 13.2 Å². The highest BCUT2D eigenvalue weighted by atomic mass is 16.5. The van der Waals surface area contributed by atoms with E-state index >= 15 is 0 Å². The van der Waals surface area contributed by atoms with Crippen molar-refractivity contribution in [2.45, 2.75) is 26.5 Å². The molecule has 1 saturated heterocycles. The van der Waals surface area contributed by atoms with Crippen molar-refractivity contribution in [3.05, 3.63) is 23.9 Å². The third-order valence-electron chi connectivity index (χ3n) is 3.40. The van der Waals surface area contributed by atoms with Crippen LogP contribution >= 0.6 is 0 Å². The van der Waals surface area contributed by atoms with Crippen LogP contribution in [-0.2, 0) is 20.8 Å². The zero-order valence-corrected chi connectivity index (χ0v) is 12.7. The van der Waals surface area contributed by atoms with E-state index in [2.05, 4.69) is 15.2 Å². The fraction of sp³-hybridized carbons (Fsp3) is 0.600. The number of aromatic nitrogens is 1. The normalized spacial score (nSPS) is 16.6. The lowest BCUT2D eigenvalue weighted by Crippen LogP contribution is -2.37. The summed E-state index contributed by atoms with van der Waals surface area (Å²) in [6.07, 6.45) is 1.36. The molecule has 1 aliphatic heterocycles. The molecule has 1 fully saturated rings. The molecule has 0 bridgehead atoms. The molecule has 0 aliphatic carbocycles. The second-order valence-corrected chi connectivity index (χ2v) is 4.94. The molecule has 1 aliphatic rings. The summed E-state index contributed by atoms with van der Waals surface area (Å²) >= 11 is 0. The summed E-state index contributed by atoms with van der Waals surface area (Å²) < 4.78 is 10.6. The highest BCUT2D eigenvalue weighted by Crippen LogP contribution is 2.14. The third kappa shape index (κ3) is 4.68. The van der Waals surface area contributed by atoms with Crippen molar-refractivity contribution < 1.29 is 14.3 Å². The Bertz CT molecular complexity index is 461. The van der Waals surface area contributed by atoms with Crippen LogP contribution < -0.4 is 10.2 Å². The minimum atomic E-state index is -0.421. The van der Waals surface area contributed by atoms with Crippen molar-refractivity contribution in [2.24, 2.45) is 0 Å². The van der Waals surface area contributed by atoms with Gasteiger partial charge in [0, 0.05) is 32.4 Å². The van der Waals surface area contributed by atoms with Gasteiger partial charge in [0.1, 0.15) is 11.9 Å². The predicted octanol–water partition coefficient (Wildman–Crippen LogP) is 0.959. The molecule has 1 aromatic rings. The Labute approximate surface area is 125 Å². The van der Waals surface area contributed by atoms with E-state index in [4.69, 9.17) is 9.47 Å². The average Bonchev–Trinajstić information content (AvgIpc) is 2.54. The third-order valence-corrected chi connectivity index (χ3v) is 3.40. The first-order valence-electron chi connectivity index (χ1n) is 7.37. The molecule has 0 aromatic carbocycles. The van der Waals surface area contributed by atoms with E-state index < -0.39 is 6.10 Å². The molecule has 1 atom stereocenters. The Morgan fingerprint density at radius 1 is 1.52 bits per heavy atom. The van der Waals surface area contributed by atoms with Gasteiger partial charge in [-0.05, 0) is 31.5 Å². The number of amides is 1. The zero-order chi connectivity index (χ0) is 15.1. The molecule has 0 spiro atoms. The van der Waals surface area contributed by atoms with Crippen LogP contribution in [-0.4, -0.2) is 49.9 Å². The lowest BCUT2D eigenvalue weighted by Gasteiger charge is -2.28. The molecule has 2 rings (SSSR count). The fourth-order valence-corrected chi connectivity index (χ4v) is 2.19. The second kappa shape index (κ2) is 7.95. The van der Waals surface area contributed by atoms with Crippen LogP contribution in [0.4, 0.5) is 5.82 Å². The van der Waals surface area contributed by atoms with Crippen molar-refractivity contribution in [1.29, 1.82) is 0 Å². The number of nitrogens with zero attached hydrogens (tertiary/aromatic N) is 2. The van der Waals surface area contributed by atoms with Crippen molar-refractivity contribution in [2.75, 3.05) is 37.8 Å². The van der Waals surface area contributed by atoms with Gasteiger partial charge >= 0.3 is 0 Å². The standard InChI is InChI=1S/C15H23N3O3/c1-3-21-12(2)15(19)17-11-13-4-5-16-14(10-13)18-6-8-20-9-7-18/h4-5,10,12H,3,6-9,11H2,1-2H3,(H,17,19)/t12-/m0/s1. The monoisotopic (exact) mass is 293 g/mol. The molecule has 2 heterocycles. The van der Waals surface area contributed by atoms with Crippen LogP contribution in [0.3, 0.4) is 0 Å². The number of rotatable bonds is 6. The second-order valence-electron chi connectivity index (χ2n) is 4.94. The van der Waals surface area contributed by atoms with Crippen molar-refractivity contribution >= 4 is 11.7 Å². The molecule has 0 unspecified atom stereocenters. The van der Waals surface area contributed by atoms with Gasteiger partial charge in [-0.1, -0.05) is 0 Å². The smallest absolute Gasteiger partial charge is 0.249 e. The molecular formula is C15H23N3O3. The van der Waals surface area contributed by atoms with Gasteiger partial charge in [-0.25, -0.2) is 4.98 Å². The van der Waals surface area contributed by atoms with Crippen LogP contribution in [0.1, 0.15) is 19.4 Å². The fourth-order valence-electron chi connectivity index (χ4n) is 2.19. The lowest BCUT2D eigenvalue weighted by molar-refractivity contribution is -0.131. The van der Waals surface area contributed by atoms with E-state index in [1.54, 1.807) is 13.1 Å². The molecule has 6 heteroatoms. The summed E-state index contributed by atoms with van der Waals surface area (Å²) in [7, 11) is 0. The number of carbonyl (C=O) groups is 1. The van der Waals surface area contributed by atoms with Gasteiger partial charge in [0.15, 0.2) is 0 Å². The van der Waals surface area contributed by atoms with Crippen LogP contribution in [0.5, 0.6) is 0 Å². The van der Waals surface area contributed by atoms with E-state index in [1.165, 1.54) is 0 Å². The molecule has 1 N–H and O–H groups in total. The highest BCUT2D eigenvalue weighted by Gasteiger charge is 2.14. The maximum Gasteiger partial charge on any atom is 0.249 e. The topological polar surface area (TPSA) is 63.7 Å². The summed E-state index contributed by atoms with van der Waals surface area (Å²) in [5, 5.41) is 2.88. The number of hydrogen-bond acceptors (Lipinski definition) is 5. The Morgan fingerprint density at radius 3 is 3.00 bits per heavy atom. The number of morpholine rings is 1. The summed E-state index contributed by atoms with van der Waals surface area (Å²) in [6.45, 7) is 7.81. The van der Waals surface area contributed by atoms with Crippen LogP contribution in [0.2, 0.25) is 0 Å².